The third-order valence-electron chi connectivity index (χ3n) is 6.43. The highest BCUT2D eigenvalue weighted by Gasteiger charge is 2.25. The Balaban J connectivity index is 1.53. The Morgan fingerprint density at radius 1 is 1.06 bits per heavy atom. The molecule has 0 aromatic heterocycles. The Hall–Kier alpha value is -2.77. The number of carbonyl (C=O) groups is 1. The minimum absolute atomic E-state index is 0.0977. The Morgan fingerprint density at radius 3 is 2.59 bits per heavy atom. The fourth-order valence-corrected chi connectivity index (χ4v) is 4.63. The van der Waals surface area contributed by atoms with E-state index in [0.29, 0.717) is 36.8 Å². The highest BCUT2D eigenvalue weighted by Crippen LogP contribution is 2.31. The summed E-state index contributed by atoms with van der Waals surface area (Å²) in [6.45, 7) is 4.77. The van der Waals surface area contributed by atoms with Crippen LogP contribution in [-0.4, -0.2) is 71.5 Å². The van der Waals surface area contributed by atoms with Crippen LogP contribution in [0.1, 0.15) is 33.9 Å². The normalized spacial score (nSPS) is 17.4. The van der Waals surface area contributed by atoms with E-state index in [1.54, 1.807) is 32.4 Å². The molecule has 2 aromatic carbocycles. The molecule has 2 heterocycles. The number of aryl methyl sites for hydroxylation is 1. The quantitative estimate of drug-likeness (QED) is 0.716. The van der Waals surface area contributed by atoms with Gasteiger partial charge in [-0.15, -0.1) is 0 Å². The van der Waals surface area contributed by atoms with E-state index in [-0.39, 0.29) is 11.9 Å². The summed E-state index contributed by atoms with van der Waals surface area (Å²) in [6, 6.07) is 12.1. The van der Waals surface area contributed by atoms with Crippen molar-refractivity contribution in [1.82, 2.24) is 10.2 Å². The molecule has 2 aliphatic rings. The number of fused-ring (bicyclic) bond motifs is 1. The number of amides is 1. The van der Waals surface area contributed by atoms with Crippen LogP contribution in [0.4, 0.5) is 5.69 Å². The molecule has 7 heteroatoms. The van der Waals surface area contributed by atoms with Crippen LogP contribution in [0.5, 0.6) is 11.5 Å². The molecule has 1 atom stereocenters. The third-order valence-corrected chi connectivity index (χ3v) is 6.43. The molecule has 1 amide bonds. The van der Waals surface area contributed by atoms with Crippen molar-refractivity contribution in [1.29, 1.82) is 0 Å². The molecular weight excluding hydrogens is 406 g/mol. The van der Waals surface area contributed by atoms with Crippen molar-refractivity contribution >= 4 is 11.6 Å². The van der Waals surface area contributed by atoms with Crippen LogP contribution in [0.25, 0.3) is 0 Å². The van der Waals surface area contributed by atoms with E-state index in [9.17, 15) is 4.79 Å². The first-order valence-electron chi connectivity index (χ1n) is 11.3. The maximum Gasteiger partial charge on any atom is 0.251 e. The van der Waals surface area contributed by atoms with Crippen LogP contribution in [0.15, 0.2) is 36.4 Å². The van der Waals surface area contributed by atoms with Crippen LogP contribution >= 0.6 is 0 Å². The van der Waals surface area contributed by atoms with Gasteiger partial charge in [-0.25, -0.2) is 0 Å². The lowest BCUT2D eigenvalue weighted by Gasteiger charge is -2.36. The van der Waals surface area contributed by atoms with Gasteiger partial charge in [-0.05, 0) is 48.2 Å². The number of benzene rings is 2. The number of anilines is 1. The topological polar surface area (TPSA) is 63.3 Å². The third kappa shape index (κ3) is 4.84. The number of hydrogen-bond acceptors (Lipinski definition) is 6. The summed E-state index contributed by atoms with van der Waals surface area (Å²) in [5, 5.41) is 3.14. The molecule has 2 aromatic rings. The molecule has 0 spiro atoms. The minimum Gasteiger partial charge on any atom is -0.493 e. The lowest BCUT2D eigenvalue weighted by molar-refractivity contribution is 0.0162. The van der Waals surface area contributed by atoms with E-state index < -0.39 is 0 Å². The monoisotopic (exact) mass is 439 g/mol. The first-order chi connectivity index (χ1) is 15.6. The SMILES string of the molecule is COc1ccc(C(=O)NC[C@@H](c2ccc3c(c2)CCCN3C)N2CCOCC2)cc1OC. The Kier molecular flexibility index (Phi) is 7.17. The number of carbonyl (C=O) groups excluding carboxylic acids is 1. The average molecular weight is 440 g/mol. The van der Waals surface area contributed by atoms with E-state index in [2.05, 4.69) is 40.4 Å². The Labute approximate surface area is 190 Å². The number of nitrogens with zero attached hydrogens (tertiary/aromatic N) is 2. The minimum atomic E-state index is -0.123. The molecule has 1 fully saturated rings. The smallest absolute Gasteiger partial charge is 0.251 e. The summed E-state index contributed by atoms with van der Waals surface area (Å²) in [6.07, 6.45) is 2.27. The van der Waals surface area contributed by atoms with Crippen molar-refractivity contribution in [2.24, 2.45) is 0 Å². The van der Waals surface area contributed by atoms with E-state index in [4.69, 9.17) is 14.2 Å². The standard InChI is InChI=1S/C25H33N3O4/c1-27-10-4-5-18-15-19(6-8-21(18)27)22(28-11-13-32-14-12-28)17-26-25(29)20-7-9-23(30-2)24(16-20)31-3/h6-9,15-16,22H,4-5,10-14,17H2,1-3H3,(H,26,29)/t22-/m0/s1. The first kappa shape index (κ1) is 22.4. The zero-order valence-corrected chi connectivity index (χ0v) is 19.2. The van der Waals surface area contributed by atoms with Crippen LogP contribution < -0.4 is 19.7 Å². The highest BCUT2D eigenvalue weighted by molar-refractivity contribution is 5.94. The number of hydrogen-bond donors (Lipinski definition) is 1. The van der Waals surface area contributed by atoms with Gasteiger partial charge in [-0.3, -0.25) is 9.69 Å². The molecule has 172 valence electrons. The molecular formula is C25H33N3O4. The number of nitrogens with one attached hydrogen (secondary N) is 1. The zero-order valence-electron chi connectivity index (χ0n) is 19.2. The van der Waals surface area contributed by atoms with Crippen LogP contribution in [0.3, 0.4) is 0 Å². The van der Waals surface area contributed by atoms with Gasteiger partial charge in [0, 0.05) is 44.5 Å². The van der Waals surface area contributed by atoms with Crippen molar-refractivity contribution in [2.45, 2.75) is 18.9 Å². The first-order valence-corrected chi connectivity index (χ1v) is 11.3. The van der Waals surface area contributed by atoms with Gasteiger partial charge in [0.05, 0.1) is 33.5 Å². The molecule has 2 aliphatic heterocycles. The molecule has 0 aliphatic carbocycles. The predicted molar refractivity (Wildman–Crippen MR) is 125 cm³/mol. The van der Waals surface area contributed by atoms with E-state index in [0.717, 1.165) is 26.1 Å². The van der Waals surface area contributed by atoms with Crippen LogP contribution in [0, 0.1) is 0 Å². The molecule has 7 nitrogen and oxygen atoms in total. The predicted octanol–water partition coefficient (Wildman–Crippen LogP) is 2.89. The van der Waals surface area contributed by atoms with Gasteiger partial charge in [0.1, 0.15) is 0 Å². The van der Waals surface area contributed by atoms with Crippen molar-refractivity contribution in [2.75, 3.05) is 65.6 Å². The maximum atomic E-state index is 12.9. The summed E-state index contributed by atoms with van der Waals surface area (Å²) in [5.74, 6) is 1.03. The molecule has 0 bridgehead atoms. The Bertz CT molecular complexity index is 943. The molecule has 0 radical (unpaired) electrons. The summed E-state index contributed by atoms with van der Waals surface area (Å²) < 4.78 is 16.2. The van der Waals surface area contributed by atoms with Crippen molar-refractivity contribution < 1.29 is 19.0 Å². The maximum absolute atomic E-state index is 12.9. The van der Waals surface area contributed by atoms with Crippen molar-refractivity contribution in [3.05, 3.63) is 53.1 Å². The second-order valence-corrected chi connectivity index (χ2v) is 8.36. The fraction of sp³-hybridized carbons (Fsp3) is 0.480. The van der Waals surface area contributed by atoms with Crippen molar-refractivity contribution in [3.8, 4) is 11.5 Å². The zero-order chi connectivity index (χ0) is 22.5. The second-order valence-electron chi connectivity index (χ2n) is 8.36. The Morgan fingerprint density at radius 2 is 1.84 bits per heavy atom. The van der Waals surface area contributed by atoms with Gasteiger partial charge >= 0.3 is 0 Å². The molecule has 1 N–H and O–H groups in total. The number of morpholine rings is 1. The number of rotatable bonds is 7. The van der Waals surface area contributed by atoms with Gasteiger partial charge < -0.3 is 24.4 Å². The van der Waals surface area contributed by atoms with Gasteiger partial charge in [-0.2, -0.15) is 0 Å². The largest absolute Gasteiger partial charge is 0.493 e. The molecule has 32 heavy (non-hydrogen) atoms. The lowest BCUT2D eigenvalue weighted by Crippen LogP contribution is -2.44. The molecule has 4 rings (SSSR count). The van der Waals surface area contributed by atoms with Gasteiger partial charge in [-0.1, -0.05) is 12.1 Å². The lowest BCUT2D eigenvalue weighted by atomic mass is 9.95. The summed E-state index contributed by atoms with van der Waals surface area (Å²) in [7, 11) is 5.31. The molecule has 0 saturated carbocycles. The van der Waals surface area contributed by atoms with E-state index in [1.807, 2.05) is 0 Å². The van der Waals surface area contributed by atoms with Gasteiger partial charge in [0.15, 0.2) is 11.5 Å². The average Bonchev–Trinajstić information content (AvgIpc) is 2.84. The highest BCUT2D eigenvalue weighted by atomic mass is 16.5. The summed E-state index contributed by atoms with van der Waals surface area (Å²) in [4.78, 5) is 17.7. The van der Waals surface area contributed by atoms with E-state index in [1.165, 1.54) is 23.2 Å². The van der Waals surface area contributed by atoms with Crippen LogP contribution in [0.2, 0.25) is 0 Å². The number of methoxy groups -OCH3 is 2. The summed E-state index contributed by atoms with van der Waals surface area (Å²) in [5.41, 5.74) is 4.50. The summed E-state index contributed by atoms with van der Waals surface area (Å²) >= 11 is 0. The van der Waals surface area contributed by atoms with E-state index >= 15 is 0 Å². The second kappa shape index (κ2) is 10.2. The van der Waals surface area contributed by atoms with Gasteiger partial charge in [0.2, 0.25) is 0 Å². The van der Waals surface area contributed by atoms with Crippen LogP contribution in [-0.2, 0) is 11.2 Å². The number of ether oxygens (including phenoxy) is 3. The fourth-order valence-electron chi connectivity index (χ4n) is 4.63. The molecule has 0 unspecified atom stereocenters. The molecule has 1 saturated heterocycles. The van der Waals surface area contributed by atoms with Gasteiger partial charge in [0.25, 0.3) is 5.91 Å². The van der Waals surface area contributed by atoms with Crippen molar-refractivity contribution in [3.63, 3.8) is 0 Å².